The van der Waals surface area contributed by atoms with Gasteiger partial charge in [0.2, 0.25) is 0 Å². The molecule has 1 aliphatic heterocycles. The first kappa shape index (κ1) is 37.2. The van der Waals surface area contributed by atoms with E-state index in [0.29, 0.717) is 11.4 Å². The van der Waals surface area contributed by atoms with Crippen LogP contribution in [-0.2, 0) is 4.79 Å². The molecule has 0 aromatic heterocycles. The van der Waals surface area contributed by atoms with Crippen molar-refractivity contribution < 1.29 is 9.90 Å². The molecular weight excluding hydrogens is 484 g/mol. The number of rotatable bonds is 9. The van der Waals surface area contributed by atoms with E-state index in [1.807, 2.05) is 91.0 Å². The Morgan fingerprint density at radius 3 is 2.19 bits per heavy atom. The highest BCUT2D eigenvalue weighted by Gasteiger charge is 2.07. The summed E-state index contributed by atoms with van der Waals surface area (Å²) in [5.74, 6) is 0. The SMILES string of the molecule is CC.CC(C)=C(CO)C/C=C\CC=O.CN1CCCC1.CNC(C)C(C)=Nc1cc(Cl)ccc1N(C)C. The molecule has 1 unspecified atom stereocenters. The van der Waals surface area contributed by atoms with Gasteiger partial charge in [-0.1, -0.05) is 43.2 Å². The highest BCUT2D eigenvalue weighted by Crippen LogP contribution is 2.30. The molecule has 1 saturated heterocycles. The maximum absolute atomic E-state index is 9.94. The third-order valence-corrected chi connectivity index (χ3v) is 6.00. The maximum atomic E-state index is 9.94. The van der Waals surface area contributed by atoms with Gasteiger partial charge in [0.05, 0.1) is 18.0 Å². The topological polar surface area (TPSA) is 68.2 Å². The molecule has 0 radical (unpaired) electrons. The molecule has 2 rings (SSSR count). The zero-order valence-corrected chi connectivity index (χ0v) is 25.8. The largest absolute Gasteiger partial charge is 0.392 e. The van der Waals surface area contributed by atoms with E-state index in [1.54, 1.807) is 0 Å². The molecule has 1 atom stereocenters. The second-order valence-corrected chi connectivity index (χ2v) is 9.58. The van der Waals surface area contributed by atoms with Gasteiger partial charge in [-0.15, -0.1) is 0 Å². The van der Waals surface area contributed by atoms with Crippen molar-refractivity contribution in [3.63, 3.8) is 0 Å². The summed E-state index contributed by atoms with van der Waals surface area (Å²) >= 11 is 6.02. The van der Waals surface area contributed by atoms with Crippen molar-refractivity contribution in [2.75, 3.05) is 52.8 Å². The molecule has 0 aliphatic carbocycles. The van der Waals surface area contributed by atoms with Crippen molar-refractivity contribution in [1.82, 2.24) is 10.2 Å². The first-order chi connectivity index (χ1) is 17.6. The van der Waals surface area contributed by atoms with Gasteiger partial charge in [0.15, 0.2) is 0 Å². The number of aliphatic imine (C=N–C) groups is 1. The van der Waals surface area contributed by atoms with E-state index in [2.05, 4.69) is 29.2 Å². The zero-order chi connectivity index (χ0) is 28.8. The van der Waals surface area contributed by atoms with Gasteiger partial charge in [-0.2, -0.15) is 0 Å². The number of nitrogens with one attached hydrogen (secondary N) is 1. The average Bonchev–Trinajstić information content (AvgIpc) is 3.36. The first-order valence-corrected chi connectivity index (χ1v) is 13.7. The fraction of sp³-hybridized carbons (Fsp3) is 0.600. The van der Waals surface area contributed by atoms with Gasteiger partial charge in [-0.05, 0) is 97.9 Å². The summed E-state index contributed by atoms with van der Waals surface area (Å²) < 4.78 is 0. The van der Waals surface area contributed by atoms with Crippen LogP contribution in [0.15, 0.2) is 46.5 Å². The highest BCUT2D eigenvalue weighted by atomic mass is 35.5. The number of carbonyl (C=O) groups is 1. The Balaban J connectivity index is 0. The second kappa shape index (κ2) is 23.2. The predicted molar refractivity (Wildman–Crippen MR) is 165 cm³/mol. The standard InChI is InChI=1S/C13H20ClN3.C10H16O2.C5H11N.C2H6/c1-9(15-3)10(2)16-12-8-11(14)6-7-13(12)17(4)5;1-9(2)10(8-12)6-4-3-5-7-11;1-6-4-2-3-5-6;1-2/h6-9,15H,1-5H3;3-4,7,12H,5-6,8H2,1-2H3;2-5H2,1H3;1-2H3/b;4-3-;;. The molecule has 37 heavy (non-hydrogen) atoms. The molecule has 0 spiro atoms. The second-order valence-electron chi connectivity index (χ2n) is 9.14. The van der Waals surface area contributed by atoms with Crippen LogP contribution in [-0.4, -0.2) is 75.9 Å². The first-order valence-electron chi connectivity index (χ1n) is 13.3. The Bertz CT molecular complexity index is 825. The number of carbonyl (C=O) groups excluding carboxylic acids is 1. The lowest BCUT2D eigenvalue weighted by Crippen LogP contribution is -2.28. The normalized spacial score (nSPS) is 13.9. The van der Waals surface area contributed by atoms with Crippen molar-refractivity contribution in [2.24, 2.45) is 4.99 Å². The number of aldehydes is 1. The van der Waals surface area contributed by atoms with Crippen LogP contribution in [0.5, 0.6) is 0 Å². The minimum atomic E-state index is 0.105. The number of hydrogen-bond acceptors (Lipinski definition) is 6. The fourth-order valence-corrected chi connectivity index (χ4v) is 3.31. The number of aliphatic hydroxyl groups is 1. The summed E-state index contributed by atoms with van der Waals surface area (Å²) in [4.78, 5) is 19.0. The van der Waals surface area contributed by atoms with E-state index in [4.69, 9.17) is 16.7 Å². The van der Waals surface area contributed by atoms with Gasteiger partial charge in [0, 0.05) is 37.3 Å². The monoisotopic (exact) mass is 536 g/mol. The molecule has 0 saturated carbocycles. The number of anilines is 1. The fourth-order valence-electron chi connectivity index (χ4n) is 3.14. The van der Waals surface area contributed by atoms with E-state index in [9.17, 15) is 4.79 Å². The van der Waals surface area contributed by atoms with Gasteiger partial charge in [0.25, 0.3) is 0 Å². The number of hydrogen-bond donors (Lipinski definition) is 2. The third kappa shape index (κ3) is 18.0. The van der Waals surface area contributed by atoms with Crippen LogP contribution in [0.25, 0.3) is 0 Å². The van der Waals surface area contributed by atoms with E-state index in [-0.39, 0.29) is 12.6 Å². The molecule has 2 N–H and O–H groups in total. The summed E-state index contributed by atoms with van der Waals surface area (Å²) in [7, 11) is 8.10. The zero-order valence-electron chi connectivity index (χ0n) is 25.1. The molecule has 1 fully saturated rings. The minimum absolute atomic E-state index is 0.105. The van der Waals surface area contributed by atoms with Gasteiger partial charge in [-0.3, -0.25) is 4.99 Å². The van der Waals surface area contributed by atoms with Crippen LogP contribution >= 0.6 is 11.6 Å². The number of halogens is 1. The van der Waals surface area contributed by atoms with Crippen molar-refractivity contribution in [1.29, 1.82) is 0 Å². The van der Waals surface area contributed by atoms with Crippen molar-refractivity contribution in [3.8, 4) is 0 Å². The van der Waals surface area contributed by atoms with E-state index in [1.165, 1.54) is 25.9 Å². The van der Waals surface area contributed by atoms with Gasteiger partial charge in [-0.25, -0.2) is 0 Å². The maximum Gasteiger partial charge on any atom is 0.123 e. The molecule has 0 bridgehead atoms. The number of nitrogens with zero attached hydrogens (tertiary/aromatic N) is 3. The summed E-state index contributed by atoms with van der Waals surface area (Å²) in [6.07, 6.45) is 8.61. The van der Waals surface area contributed by atoms with Crippen LogP contribution in [0.2, 0.25) is 5.02 Å². The number of likely N-dealkylation sites (tertiary alicyclic amines) is 1. The molecule has 212 valence electrons. The molecule has 1 aromatic carbocycles. The number of allylic oxidation sites excluding steroid dienone is 3. The molecule has 1 aliphatic rings. The van der Waals surface area contributed by atoms with Crippen molar-refractivity contribution >= 4 is 35.0 Å². The van der Waals surface area contributed by atoms with Crippen LogP contribution in [0, 0.1) is 0 Å². The van der Waals surface area contributed by atoms with Gasteiger partial charge < -0.3 is 25.0 Å². The number of aliphatic hydroxyl groups excluding tert-OH is 1. The smallest absolute Gasteiger partial charge is 0.123 e. The summed E-state index contributed by atoms with van der Waals surface area (Å²) in [5.41, 5.74) is 5.18. The Kier molecular flexibility index (Phi) is 23.3. The molecule has 6 nitrogen and oxygen atoms in total. The predicted octanol–water partition coefficient (Wildman–Crippen LogP) is 6.69. The Morgan fingerprint density at radius 1 is 1.19 bits per heavy atom. The Labute approximate surface area is 232 Å². The third-order valence-electron chi connectivity index (χ3n) is 5.77. The molecule has 1 aromatic rings. The lowest BCUT2D eigenvalue weighted by Gasteiger charge is -2.17. The van der Waals surface area contributed by atoms with Crippen LogP contribution in [0.3, 0.4) is 0 Å². The van der Waals surface area contributed by atoms with E-state index >= 15 is 0 Å². The summed E-state index contributed by atoms with van der Waals surface area (Å²) in [5, 5.41) is 12.8. The molecule has 0 amide bonds. The Morgan fingerprint density at radius 2 is 1.78 bits per heavy atom. The lowest BCUT2D eigenvalue weighted by molar-refractivity contribution is -0.107. The summed E-state index contributed by atoms with van der Waals surface area (Å²) in [6, 6.07) is 6.01. The van der Waals surface area contributed by atoms with E-state index < -0.39 is 0 Å². The van der Waals surface area contributed by atoms with Gasteiger partial charge in [0.1, 0.15) is 6.29 Å². The van der Waals surface area contributed by atoms with Crippen LogP contribution in [0.1, 0.15) is 67.2 Å². The minimum Gasteiger partial charge on any atom is -0.392 e. The van der Waals surface area contributed by atoms with Crippen LogP contribution in [0.4, 0.5) is 11.4 Å². The quantitative estimate of drug-likeness (QED) is 0.209. The van der Waals surface area contributed by atoms with Crippen molar-refractivity contribution in [2.45, 2.75) is 73.3 Å². The molecule has 1 heterocycles. The highest BCUT2D eigenvalue weighted by molar-refractivity contribution is 6.31. The average molecular weight is 537 g/mol. The Hall–Kier alpha value is -1.99. The lowest BCUT2D eigenvalue weighted by atomic mass is 10.1. The van der Waals surface area contributed by atoms with Crippen LogP contribution < -0.4 is 10.2 Å². The molecular formula is C30H53ClN4O2. The summed E-state index contributed by atoms with van der Waals surface area (Å²) in [6.45, 7) is 14.8. The van der Waals surface area contributed by atoms with Gasteiger partial charge >= 0.3 is 0 Å². The van der Waals surface area contributed by atoms with E-state index in [0.717, 1.165) is 40.9 Å². The number of benzene rings is 1. The molecule has 7 heteroatoms. The van der Waals surface area contributed by atoms with Crippen molar-refractivity contribution in [3.05, 3.63) is 46.5 Å².